The van der Waals surface area contributed by atoms with Crippen LogP contribution >= 0.6 is 11.6 Å². The smallest absolute Gasteiger partial charge is 0.413 e. The predicted molar refractivity (Wildman–Crippen MR) is 96.9 cm³/mol. The van der Waals surface area contributed by atoms with Crippen LogP contribution in [0.15, 0.2) is 41.3 Å². The standard InChI is InChI=1S/C18H14ClF3N4O3/c1-17(18(20,21)22)9-25-14(27)6-13(19)23-15(25)26(17)8-10-7-24(16(28)29)12-5-3-2-4-11(10)12/h2-7H,8-9H2,1H3,(H,28,29)/p-1/t17-/m0/s1. The highest BCUT2D eigenvalue weighted by atomic mass is 35.5. The molecule has 0 radical (unpaired) electrons. The highest BCUT2D eigenvalue weighted by Gasteiger charge is 2.59. The van der Waals surface area contributed by atoms with Crippen molar-refractivity contribution in [3.05, 3.63) is 57.6 Å². The fourth-order valence-corrected chi connectivity index (χ4v) is 3.79. The van der Waals surface area contributed by atoms with Gasteiger partial charge in [-0.1, -0.05) is 29.8 Å². The van der Waals surface area contributed by atoms with E-state index in [1.807, 2.05) is 0 Å². The number of carbonyl (C=O) groups is 1. The summed E-state index contributed by atoms with van der Waals surface area (Å²) in [5, 5.41) is 11.6. The van der Waals surface area contributed by atoms with E-state index < -0.39 is 29.9 Å². The van der Waals surface area contributed by atoms with Crippen molar-refractivity contribution in [1.29, 1.82) is 0 Å². The first kappa shape index (κ1) is 19.3. The molecular weight excluding hydrogens is 413 g/mol. The molecule has 2 aromatic heterocycles. The number of aromatic nitrogens is 3. The van der Waals surface area contributed by atoms with E-state index in [-0.39, 0.29) is 23.2 Å². The van der Waals surface area contributed by atoms with Crippen LogP contribution in [-0.2, 0) is 13.1 Å². The van der Waals surface area contributed by atoms with Crippen molar-refractivity contribution in [3.8, 4) is 0 Å². The van der Waals surface area contributed by atoms with Gasteiger partial charge in [-0.25, -0.2) is 4.98 Å². The van der Waals surface area contributed by atoms with Crippen LogP contribution in [0.3, 0.4) is 0 Å². The van der Waals surface area contributed by atoms with E-state index >= 15 is 0 Å². The maximum atomic E-state index is 14.0. The summed E-state index contributed by atoms with van der Waals surface area (Å²) >= 11 is 5.82. The van der Waals surface area contributed by atoms with Crippen molar-refractivity contribution in [3.63, 3.8) is 0 Å². The third-order valence-corrected chi connectivity index (χ3v) is 5.38. The van der Waals surface area contributed by atoms with Gasteiger partial charge in [-0.15, -0.1) is 0 Å². The molecule has 0 saturated heterocycles. The summed E-state index contributed by atoms with van der Waals surface area (Å²) in [6, 6.07) is 7.33. The van der Waals surface area contributed by atoms with Crippen molar-refractivity contribution in [1.82, 2.24) is 14.1 Å². The number of benzene rings is 1. The molecule has 0 bridgehead atoms. The van der Waals surface area contributed by atoms with Crippen molar-refractivity contribution in [2.24, 2.45) is 0 Å². The quantitative estimate of drug-likeness (QED) is 0.589. The molecule has 1 aliphatic heterocycles. The molecule has 0 amide bonds. The first-order chi connectivity index (χ1) is 13.5. The van der Waals surface area contributed by atoms with Crippen LogP contribution in [-0.4, -0.2) is 31.9 Å². The molecule has 11 heteroatoms. The van der Waals surface area contributed by atoms with E-state index in [0.717, 1.165) is 27.0 Å². The van der Waals surface area contributed by atoms with E-state index in [1.165, 1.54) is 12.3 Å². The van der Waals surface area contributed by atoms with Crippen molar-refractivity contribution in [2.45, 2.75) is 31.7 Å². The minimum Gasteiger partial charge on any atom is -0.529 e. The van der Waals surface area contributed by atoms with Crippen LogP contribution in [0.25, 0.3) is 10.9 Å². The molecule has 1 aromatic carbocycles. The van der Waals surface area contributed by atoms with Gasteiger partial charge in [0, 0.05) is 24.2 Å². The summed E-state index contributed by atoms with van der Waals surface area (Å²) in [5.74, 6) is -0.229. The van der Waals surface area contributed by atoms with Gasteiger partial charge in [0.25, 0.3) is 5.56 Å². The lowest BCUT2D eigenvalue weighted by molar-refractivity contribution is -0.249. The number of carbonyl (C=O) groups excluding carboxylic acids is 1. The van der Waals surface area contributed by atoms with E-state index in [9.17, 15) is 27.9 Å². The van der Waals surface area contributed by atoms with Gasteiger partial charge in [0.05, 0.1) is 12.1 Å². The molecule has 1 atom stereocenters. The maximum absolute atomic E-state index is 14.0. The molecule has 0 N–H and O–H groups in total. The van der Waals surface area contributed by atoms with Gasteiger partial charge in [-0.05, 0) is 18.6 Å². The Labute approximate surface area is 166 Å². The van der Waals surface area contributed by atoms with Gasteiger partial charge < -0.3 is 19.4 Å². The second-order valence-corrected chi connectivity index (χ2v) is 7.36. The van der Waals surface area contributed by atoms with Crippen LogP contribution in [0, 0.1) is 0 Å². The largest absolute Gasteiger partial charge is 0.529 e. The third-order valence-electron chi connectivity index (χ3n) is 5.19. The molecule has 0 spiro atoms. The first-order valence-corrected chi connectivity index (χ1v) is 8.83. The van der Waals surface area contributed by atoms with Gasteiger partial charge in [-0.3, -0.25) is 9.36 Å². The van der Waals surface area contributed by atoms with Crippen LogP contribution < -0.4 is 15.6 Å². The van der Waals surface area contributed by atoms with Gasteiger partial charge >= 0.3 is 6.18 Å². The number of hydrogen-bond donors (Lipinski definition) is 0. The van der Waals surface area contributed by atoms with Crippen molar-refractivity contribution >= 4 is 34.5 Å². The summed E-state index contributed by atoms with van der Waals surface area (Å²) in [6.07, 6.45) is -5.00. The van der Waals surface area contributed by atoms with Gasteiger partial charge in [0.2, 0.25) is 5.95 Å². The van der Waals surface area contributed by atoms with Crippen LogP contribution in [0.5, 0.6) is 0 Å². The average molecular weight is 426 g/mol. The summed E-state index contributed by atoms with van der Waals surface area (Å²) in [6.45, 7) is -0.0372. The molecule has 29 heavy (non-hydrogen) atoms. The van der Waals surface area contributed by atoms with Gasteiger partial charge in [0.15, 0.2) is 5.54 Å². The monoisotopic (exact) mass is 425 g/mol. The Morgan fingerprint density at radius 1 is 1.34 bits per heavy atom. The lowest BCUT2D eigenvalue weighted by Crippen LogP contribution is -2.55. The molecule has 4 rings (SSSR count). The topological polar surface area (TPSA) is 83.2 Å². The first-order valence-electron chi connectivity index (χ1n) is 8.45. The number of halogens is 4. The highest BCUT2D eigenvalue weighted by molar-refractivity contribution is 6.29. The lowest BCUT2D eigenvalue weighted by atomic mass is 10.00. The van der Waals surface area contributed by atoms with Crippen LogP contribution in [0.1, 0.15) is 12.5 Å². The Morgan fingerprint density at radius 3 is 2.69 bits per heavy atom. The number of carboxylic acid groups (broad SMARTS) is 1. The maximum Gasteiger partial charge on any atom is 0.413 e. The zero-order valence-corrected chi connectivity index (χ0v) is 15.7. The molecule has 1 aliphatic rings. The number of para-hydroxylation sites is 1. The predicted octanol–water partition coefficient (Wildman–Crippen LogP) is 2.38. The number of rotatable bonds is 2. The summed E-state index contributed by atoms with van der Waals surface area (Å²) < 4.78 is 43.8. The van der Waals surface area contributed by atoms with E-state index in [1.54, 1.807) is 18.2 Å². The van der Waals surface area contributed by atoms with Gasteiger partial charge in [0.1, 0.15) is 11.2 Å². The summed E-state index contributed by atoms with van der Waals surface area (Å²) in [7, 11) is 0. The minimum atomic E-state index is -4.70. The molecular formula is C18H13ClF3N4O3-. The van der Waals surface area contributed by atoms with Crippen molar-refractivity contribution in [2.75, 3.05) is 4.90 Å². The van der Waals surface area contributed by atoms with Gasteiger partial charge in [-0.2, -0.15) is 13.2 Å². The third kappa shape index (κ3) is 2.86. The number of fused-ring (bicyclic) bond motifs is 2. The molecule has 152 valence electrons. The average Bonchev–Trinajstić information content (AvgIpc) is 3.13. The van der Waals surface area contributed by atoms with Crippen LogP contribution in [0.2, 0.25) is 5.15 Å². The molecule has 3 heterocycles. The SMILES string of the molecule is C[C@@]1(C(F)(F)F)Cn2c(nc(Cl)cc2=O)N1Cc1cn(C(=O)[O-])c2ccccc12. The molecule has 0 fully saturated rings. The fraction of sp³-hybridized carbons (Fsp3) is 0.278. The second kappa shape index (κ2) is 6.24. The Balaban J connectivity index is 1.91. The zero-order chi connectivity index (χ0) is 21.1. The number of anilines is 1. The fourth-order valence-electron chi connectivity index (χ4n) is 3.62. The lowest BCUT2D eigenvalue weighted by Gasteiger charge is -2.36. The van der Waals surface area contributed by atoms with E-state index in [4.69, 9.17) is 11.6 Å². The van der Waals surface area contributed by atoms with E-state index in [0.29, 0.717) is 10.9 Å². The Bertz CT molecular complexity index is 1200. The Morgan fingerprint density at radius 2 is 2.03 bits per heavy atom. The highest BCUT2D eigenvalue weighted by Crippen LogP contribution is 2.44. The zero-order valence-electron chi connectivity index (χ0n) is 14.9. The normalized spacial score (nSPS) is 19.0. The van der Waals surface area contributed by atoms with Crippen LogP contribution in [0.4, 0.5) is 23.9 Å². The van der Waals surface area contributed by atoms with E-state index in [2.05, 4.69) is 4.98 Å². The summed E-state index contributed by atoms with van der Waals surface area (Å²) in [5.41, 5.74) is -2.55. The Hall–Kier alpha value is -3.01. The molecule has 7 nitrogen and oxygen atoms in total. The van der Waals surface area contributed by atoms with Crippen molar-refractivity contribution < 1.29 is 23.1 Å². The number of nitrogens with zero attached hydrogens (tertiary/aromatic N) is 4. The molecule has 0 aliphatic carbocycles. The number of hydrogen-bond acceptors (Lipinski definition) is 5. The molecule has 0 saturated carbocycles. The number of alkyl halides is 3. The molecule has 3 aromatic rings. The molecule has 0 unspecified atom stereocenters. The minimum absolute atomic E-state index is 0.227. The second-order valence-electron chi connectivity index (χ2n) is 6.97. The summed E-state index contributed by atoms with van der Waals surface area (Å²) in [4.78, 5) is 28.5. The Kier molecular flexibility index (Phi) is 4.16.